The van der Waals surface area contributed by atoms with E-state index in [1.54, 1.807) is 0 Å². The fourth-order valence-corrected chi connectivity index (χ4v) is 13.3. The summed E-state index contributed by atoms with van der Waals surface area (Å²) in [6.07, 6.45) is 10.1. The van der Waals surface area contributed by atoms with E-state index in [0.29, 0.717) is 0 Å². The Bertz CT molecular complexity index is 874. The summed E-state index contributed by atoms with van der Waals surface area (Å²) in [4.78, 5) is 0. The van der Waals surface area contributed by atoms with Crippen molar-refractivity contribution in [1.29, 1.82) is 0 Å². The van der Waals surface area contributed by atoms with Crippen molar-refractivity contribution < 1.29 is 4.43 Å². The van der Waals surface area contributed by atoms with Crippen molar-refractivity contribution in [1.82, 2.24) is 0 Å². The molecule has 0 N–H and O–H groups in total. The zero-order valence-corrected chi connectivity index (χ0v) is 24.7. The maximum atomic E-state index is 5.99. The third-order valence-corrected chi connectivity index (χ3v) is 17.7. The number of halogens is 1. The first-order valence-corrected chi connectivity index (χ1v) is 20.7. The van der Waals surface area contributed by atoms with Crippen LogP contribution in [-0.4, -0.2) is 21.1 Å². The normalized spacial score (nSPS) is 13.4. The summed E-state index contributed by atoms with van der Waals surface area (Å²) in [5.74, 6) is 0. The van der Waals surface area contributed by atoms with Crippen LogP contribution in [0.3, 0.4) is 0 Å². The van der Waals surface area contributed by atoms with Gasteiger partial charge >= 0.3 is 218 Å². The minimum absolute atomic E-state index is 0.944. The Labute approximate surface area is 217 Å². The van der Waals surface area contributed by atoms with Crippen LogP contribution >= 0.6 is 20.8 Å². The molecule has 0 aliphatic rings. The van der Waals surface area contributed by atoms with Gasteiger partial charge in [0.1, 0.15) is 0 Å². The summed E-state index contributed by atoms with van der Waals surface area (Å²) in [6.45, 7) is 7.76. The van der Waals surface area contributed by atoms with Crippen LogP contribution in [0.5, 0.6) is 0 Å². The van der Waals surface area contributed by atoms with E-state index in [1.807, 2.05) is 0 Å². The quantitative estimate of drug-likeness (QED) is 0.110. The Morgan fingerprint density at radius 3 is 1.29 bits per heavy atom. The molecule has 0 spiro atoms. The molecule has 0 heterocycles. The number of rotatable bonds is 14. The zero-order chi connectivity index (χ0) is 24.4. The van der Waals surface area contributed by atoms with Crippen LogP contribution in [-0.2, 0) is 4.43 Å². The van der Waals surface area contributed by atoms with Crippen LogP contribution in [0.2, 0.25) is 19.6 Å². The van der Waals surface area contributed by atoms with Gasteiger partial charge in [0.05, 0.1) is 0 Å². The molecule has 1 nitrogen and oxygen atoms in total. The molecule has 184 valence electrons. The zero-order valence-electron chi connectivity index (χ0n) is 21.3. The Kier molecular flexibility index (Phi) is 10.2. The Morgan fingerprint density at radius 1 is 0.559 bits per heavy atom. The average molecular weight is 558 g/mol. The van der Waals surface area contributed by atoms with Crippen molar-refractivity contribution in [3.8, 4) is 0 Å². The molecule has 0 radical (unpaired) electrons. The molecule has 34 heavy (non-hydrogen) atoms. The molecule has 0 bridgehead atoms. The fourth-order valence-electron chi connectivity index (χ4n) is 4.82. The van der Waals surface area contributed by atoms with Gasteiger partial charge in [0.2, 0.25) is 0 Å². The summed E-state index contributed by atoms with van der Waals surface area (Å²) < 4.78 is 5.99. The van der Waals surface area contributed by atoms with Gasteiger partial charge in [-0.3, -0.25) is 0 Å². The molecule has 0 amide bonds. The van der Waals surface area contributed by atoms with Crippen molar-refractivity contribution in [3.63, 3.8) is 0 Å². The molecular weight excluding hydrogens is 515 g/mol. The summed E-state index contributed by atoms with van der Waals surface area (Å²) in [5, 5.41) is 1.53. The first-order valence-electron chi connectivity index (χ1n) is 12.9. The molecule has 0 aliphatic carbocycles. The molecule has 3 rings (SSSR count). The summed E-state index contributed by atoms with van der Waals surface area (Å²) in [6, 6.07) is 33.5. The van der Waals surface area contributed by atoms with Gasteiger partial charge in [-0.15, -0.1) is 0 Å². The summed E-state index contributed by atoms with van der Waals surface area (Å²) in [7, 11) is -1.35. The Hall–Kier alpha value is -1.25. The molecule has 0 unspecified atom stereocenters. The number of hydrogen-bond acceptors (Lipinski definition) is 1. The Morgan fingerprint density at radius 2 is 0.912 bits per heavy atom. The van der Waals surface area contributed by atoms with E-state index in [9.17, 15) is 0 Å². The van der Waals surface area contributed by atoms with Gasteiger partial charge in [-0.25, -0.2) is 0 Å². The second-order valence-electron chi connectivity index (χ2n) is 10.3. The van der Waals surface area contributed by atoms with Gasteiger partial charge in [0.15, 0.2) is 0 Å². The standard InChI is InChI=1S/C30H42BrOPSi/c1-34(2,3)32-26-18-7-5-4-6-8-19-27-33(31,28-20-12-9-13-21-28,29-22-14-10-15-23-29)30-24-16-11-17-25-30/h9-17,20-25H,4-8,18-19,26-27H2,1-3H3. The van der Waals surface area contributed by atoms with E-state index < -0.39 is 13.6 Å². The first kappa shape index (κ1) is 27.3. The van der Waals surface area contributed by atoms with Crippen LogP contribution in [0.4, 0.5) is 0 Å². The van der Waals surface area contributed by atoms with E-state index in [4.69, 9.17) is 4.43 Å². The van der Waals surface area contributed by atoms with Gasteiger partial charge in [-0.2, -0.15) is 0 Å². The van der Waals surface area contributed by atoms with Crippen LogP contribution in [0.25, 0.3) is 0 Å². The predicted octanol–water partition coefficient (Wildman–Crippen LogP) is 8.41. The van der Waals surface area contributed by atoms with E-state index >= 15 is 0 Å². The predicted molar refractivity (Wildman–Crippen MR) is 161 cm³/mol. The molecule has 0 aliphatic heterocycles. The molecule has 3 aromatic rings. The fraction of sp³-hybridized carbons (Fsp3) is 0.400. The molecule has 0 atom stereocenters. The van der Waals surface area contributed by atoms with Crippen LogP contribution in [0.1, 0.15) is 44.9 Å². The minimum atomic E-state index is -2.74. The monoisotopic (exact) mass is 556 g/mol. The van der Waals surface area contributed by atoms with Gasteiger partial charge in [-0.05, 0) is 0 Å². The molecule has 0 saturated carbocycles. The van der Waals surface area contributed by atoms with Gasteiger partial charge < -0.3 is 0 Å². The molecule has 0 saturated heterocycles. The number of unbranched alkanes of at least 4 members (excludes halogenated alkanes) is 6. The Balaban J connectivity index is 1.69. The van der Waals surface area contributed by atoms with Crippen LogP contribution in [0, 0.1) is 0 Å². The molecular formula is C30H42BrOPSi. The van der Waals surface area contributed by atoms with Crippen molar-refractivity contribution in [3.05, 3.63) is 91.0 Å². The van der Waals surface area contributed by atoms with Gasteiger partial charge in [0.25, 0.3) is 0 Å². The molecule has 0 aromatic heterocycles. The van der Waals surface area contributed by atoms with Crippen molar-refractivity contribution in [2.75, 3.05) is 12.8 Å². The van der Waals surface area contributed by atoms with Crippen molar-refractivity contribution in [2.24, 2.45) is 0 Å². The van der Waals surface area contributed by atoms with E-state index in [2.05, 4.69) is 126 Å². The third kappa shape index (κ3) is 6.91. The summed E-state index contributed by atoms with van der Waals surface area (Å²) >= 11 is 4.56. The van der Waals surface area contributed by atoms with Crippen molar-refractivity contribution >= 4 is 45.0 Å². The second-order valence-corrected chi connectivity index (χ2v) is 23.9. The third-order valence-electron chi connectivity index (χ3n) is 6.64. The first-order chi connectivity index (χ1) is 16.3. The molecule has 3 aromatic carbocycles. The van der Waals surface area contributed by atoms with E-state index in [0.717, 1.165) is 12.8 Å². The number of hydrogen-bond donors (Lipinski definition) is 0. The van der Waals surface area contributed by atoms with Crippen LogP contribution in [0.15, 0.2) is 91.0 Å². The van der Waals surface area contributed by atoms with Crippen molar-refractivity contribution in [2.45, 2.75) is 64.6 Å². The summed E-state index contributed by atoms with van der Waals surface area (Å²) in [5.41, 5.74) is 0. The number of benzene rings is 3. The van der Waals surface area contributed by atoms with Gasteiger partial charge in [-0.1, -0.05) is 0 Å². The SMILES string of the molecule is C[Si](C)(C)OCCCCCCCCCP(Br)(c1ccccc1)(c1ccccc1)c1ccccc1. The van der Waals surface area contributed by atoms with E-state index in [-0.39, 0.29) is 0 Å². The maximum absolute atomic E-state index is 5.99. The molecule has 4 heteroatoms. The average Bonchev–Trinajstić information content (AvgIpc) is 2.86. The van der Waals surface area contributed by atoms with Crippen LogP contribution < -0.4 is 15.9 Å². The molecule has 0 fully saturated rings. The van der Waals surface area contributed by atoms with E-state index in [1.165, 1.54) is 60.9 Å². The topological polar surface area (TPSA) is 9.23 Å². The second kappa shape index (κ2) is 12.6. The van der Waals surface area contributed by atoms with Gasteiger partial charge in [0, 0.05) is 0 Å².